The Labute approximate surface area is 192 Å². The maximum Gasteiger partial charge on any atom is 0.404 e. The topological polar surface area (TPSA) is 211 Å². The predicted molar refractivity (Wildman–Crippen MR) is 114 cm³/mol. The summed E-state index contributed by atoms with van der Waals surface area (Å²) in [6.07, 6.45) is 1.82. The minimum Gasteiger partial charge on any atom is -0.477 e. The minimum atomic E-state index is -1.34. The minimum absolute atomic E-state index is 0.0203. The number of aromatic nitrogens is 1. The average Bonchev–Trinajstić information content (AvgIpc) is 3.06. The first-order chi connectivity index (χ1) is 15.1. The van der Waals surface area contributed by atoms with E-state index in [-0.39, 0.29) is 33.2 Å². The van der Waals surface area contributed by atoms with Crippen molar-refractivity contribution in [3.63, 3.8) is 0 Å². The van der Waals surface area contributed by atoms with Crippen LogP contribution in [0.15, 0.2) is 28.6 Å². The summed E-state index contributed by atoms with van der Waals surface area (Å²) in [4.78, 5) is 52.5. The number of hydrogen-bond acceptors (Lipinski definition) is 11. The Morgan fingerprint density at radius 3 is 2.72 bits per heavy atom. The van der Waals surface area contributed by atoms with Crippen molar-refractivity contribution >= 4 is 69.4 Å². The lowest BCUT2D eigenvalue weighted by Crippen LogP contribution is -2.71. The number of allylic oxidation sites excluding steroid dienone is 1. The molecule has 2 aliphatic rings. The van der Waals surface area contributed by atoms with Crippen molar-refractivity contribution in [1.82, 2.24) is 15.2 Å². The van der Waals surface area contributed by atoms with Crippen LogP contribution in [0.2, 0.25) is 4.34 Å². The van der Waals surface area contributed by atoms with Crippen molar-refractivity contribution in [1.29, 1.82) is 0 Å². The van der Waals surface area contributed by atoms with Crippen molar-refractivity contribution in [2.75, 3.05) is 18.1 Å². The molecule has 170 valence electrons. The Hall–Kier alpha value is -3.30. The lowest BCUT2D eigenvalue weighted by molar-refractivity contribution is -0.150. The maximum atomic E-state index is 12.7. The van der Waals surface area contributed by atoms with E-state index in [9.17, 15) is 29.5 Å². The van der Waals surface area contributed by atoms with Crippen LogP contribution in [0.3, 0.4) is 0 Å². The van der Waals surface area contributed by atoms with Crippen LogP contribution in [0.5, 0.6) is 0 Å². The van der Waals surface area contributed by atoms with E-state index in [0.717, 1.165) is 16.2 Å². The van der Waals surface area contributed by atoms with Gasteiger partial charge in [0.25, 0.3) is 11.8 Å². The molecule has 0 bridgehead atoms. The number of thiazole rings is 1. The zero-order valence-corrected chi connectivity index (χ0v) is 18.2. The molecule has 32 heavy (non-hydrogen) atoms. The van der Waals surface area contributed by atoms with E-state index in [1.165, 1.54) is 23.9 Å². The number of hydrogen-bond donors (Lipinski definition) is 5. The number of carbonyl (C=O) groups excluding carboxylic acids is 3. The lowest BCUT2D eigenvalue weighted by atomic mass is 10.0. The maximum absolute atomic E-state index is 12.7. The van der Waals surface area contributed by atoms with Gasteiger partial charge in [-0.15, -0.1) is 11.8 Å². The van der Waals surface area contributed by atoms with Gasteiger partial charge in [0.15, 0.2) is 10.8 Å². The molecule has 3 rings (SSSR count). The van der Waals surface area contributed by atoms with Crippen LogP contribution >= 0.6 is 34.7 Å². The van der Waals surface area contributed by atoms with Crippen molar-refractivity contribution in [3.8, 4) is 0 Å². The Morgan fingerprint density at radius 1 is 1.44 bits per heavy atom. The monoisotopic (exact) mass is 502 g/mol. The highest BCUT2D eigenvalue weighted by Gasteiger charge is 2.54. The first kappa shape index (κ1) is 23.4. The second-order valence-electron chi connectivity index (χ2n) is 6.20. The molecule has 7 N–H and O–H groups in total. The Balaban J connectivity index is 1.75. The second-order valence-corrected chi connectivity index (χ2v) is 8.93. The van der Waals surface area contributed by atoms with Crippen molar-refractivity contribution < 1.29 is 34.2 Å². The van der Waals surface area contributed by atoms with Crippen molar-refractivity contribution in [2.45, 2.75) is 11.4 Å². The quantitative estimate of drug-likeness (QED) is 0.145. The highest BCUT2D eigenvalue weighted by Crippen LogP contribution is 2.40. The summed E-state index contributed by atoms with van der Waals surface area (Å²) < 4.78 is 4.57. The summed E-state index contributed by atoms with van der Waals surface area (Å²) in [7, 11) is 0. The van der Waals surface area contributed by atoms with Crippen LogP contribution in [-0.4, -0.2) is 73.6 Å². The number of primary amides is 1. The average molecular weight is 503 g/mol. The number of oxime groups is 1. The van der Waals surface area contributed by atoms with Gasteiger partial charge in [0.2, 0.25) is 0 Å². The predicted octanol–water partition coefficient (Wildman–Crippen LogP) is -0.0529. The zero-order valence-electron chi connectivity index (χ0n) is 15.9. The lowest BCUT2D eigenvalue weighted by Gasteiger charge is -2.49. The van der Waals surface area contributed by atoms with Gasteiger partial charge in [-0.1, -0.05) is 34.2 Å². The largest absolute Gasteiger partial charge is 0.477 e. The number of nitrogens with zero attached hydrogens (tertiary/aromatic N) is 3. The number of carbonyl (C=O) groups is 4. The van der Waals surface area contributed by atoms with Gasteiger partial charge in [0.1, 0.15) is 33.7 Å². The summed E-state index contributed by atoms with van der Waals surface area (Å²) in [5.41, 5.74) is 9.75. The number of nitrogens with two attached hydrogens (primary N) is 2. The summed E-state index contributed by atoms with van der Waals surface area (Å²) in [6, 6.07) is -1.07. The molecule has 0 unspecified atom stereocenters. The molecule has 0 spiro atoms. The number of β-lactam (4-membered cyclic amide) rings is 1. The Bertz CT molecular complexity index is 1080. The van der Waals surface area contributed by atoms with E-state index in [1.54, 1.807) is 0 Å². The fourth-order valence-corrected chi connectivity index (χ4v) is 5.21. The smallest absolute Gasteiger partial charge is 0.404 e. The number of ether oxygens (including phenoxy) is 1. The summed E-state index contributed by atoms with van der Waals surface area (Å²) >= 11 is 8.01. The van der Waals surface area contributed by atoms with Crippen LogP contribution < -0.4 is 16.8 Å². The van der Waals surface area contributed by atoms with Gasteiger partial charge in [0.05, 0.1) is 0 Å². The van der Waals surface area contributed by atoms with Crippen LogP contribution in [0.1, 0.15) is 5.69 Å². The van der Waals surface area contributed by atoms with Crippen LogP contribution in [-0.2, 0) is 19.1 Å². The van der Waals surface area contributed by atoms with Crippen molar-refractivity contribution in [3.05, 3.63) is 33.5 Å². The van der Waals surface area contributed by atoms with Gasteiger partial charge in [-0.25, -0.2) is 14.6 Å². The third-order valence-corrected chi connectivity index (χ3v) is 6.66. The molecule has 1 saturated heterocycles. The van der Waals surface area contributed by atoms with E-state index in [1.807, 2.05) is 0 Å². The Kier molecular flexibility index (Phi) is 6.90. The van der Waals surface area contributed by atoms with Crippen LogP contribution in [0.4, 0.5) is 9.93 Å². The van der Waals surface area contributed by atoms with Gasteiger partial charge in [0, 0.05) is 5.75 Å². The normalized spacial score (nSPS) is 20.7. The van der Waals surface area contributed by atoms with Gasteiger partial charge in [-0.3, -0.25) is 14.5 Å². The van der Waals surface area contributed by atoms with Gasteiger partial charge >= 0.3 is 12.1 Å². The molecule has 1 aromatic heterocycles. The number of amides is 3. The summed E-state index contributed by atoms with van der Waals surface area (Å²) in [5, 5.41) is 23.5. The molecule has 3 amide bonds. The molecule has 0 aliphatic carbocycles. The van der Waals surface area contributed by atoms with E-state index in [4.69, 9.17) is 23.1 Å². The number of nitrogens with one attached hydrogen (secondary N) is 1. The molecule has 1 aromatic rings. The number of carboxylic acid groups (broad SMARTS) is 1. The Morgan fingerprint density at radius 2 is 2.16 bits per heavy atom. The molecule has 2 atom stereocenters. The second kappa shape index (κ2) is 9.46. The van der Waals surface area contributed by atoms with E-state index >= 15 is 0 Å². The zero-order chi connectivity index (χ0) is 23.6. The fraction of sp³-hybridized carbons (Fsp3) is 0.250. The number of fused-ring (bicyclic) bond motifs is 1. The van der Waals surface area contributed by atoms with E-state index in [2.05, 4.69) is 20.2 Å². The van der Waals surface area contributed by atoms with Crippen molar-refractivity contribution in [2.24, 2.45) is 10.9 Å². The molecule has 13 nitrogen and oxygen atoms in total. The number of halogens is 1. The number of carboxylic acids is 1. The third-order valence-electron chi connectivity index (χ3n) is 4.27. The van der Waals surface area contributed by atoms with Gasteiger partial charge in [-0.2, -0.15) is 0 Å². The number of nitrogen functional groups attached to an aromatic ring is 1. The van der Waals surface area contributed by atoms with Gasteiger partial charge < -0.3 is 31.8 Å². The molecule has 2 aliphatic heterocycles. The molecule has 0 saturated carbocycles. The van der Waals surface area contributed by atoms with E-state index in [0.29, 0.717) is 5.57 Å². The highest BCUT2D eigenvalue weighted by atomic mass is 35.5. The molecular formula is C16H15ClN6O7S2. The molecule has 16 heteroatoms. The fourth-order valence-electron chi connectivity index (χ4n) is 2.96. The summed E-state index contributed by atoms with van der Waals surface area (Å²) in [5.74, 6) is -2.75. The highest BCUT2D eigenvalue weighted by molar-refractivity contribution is 8.00. The first-order valence-electron chi connectivity index (χ1n) is 8.60. The molecule has 0 aromatic carbocycles. The molecule has 3 heterocycles. The number of aliphatic carboxylic acids is 1. The van der Waals surface area contributed by atoms with Gasteiger partial charge in [-0.05, 0) is 11.6 Å². The molecular weight excluding hydrogens is 488 g/mol. The number of thioether (sulfide) groups is 1. The summed E-state index contributed by atoms with van der Waals surface area (Å²) in [6.45, 7) is -0.167. The number of rotatable bonds is 7. The third kappa shape index (κ3) is 4.49. The van der Waals surface area contributed by atoms with E-state index < -0.39 is 41.0 Å². The number of anilines is 1. The standard InChI is InChI=1S/C16H15ClN6O7S2/c17-10-6(21-15(18)32-10)7(22-29)11(24)20-8-12(25)23-9(14(26)27)5(4-31-13(8)23)2-1-3-30-16(19)28/h1-2,8,13,29H,3-4H2,(H2,18,21)(H2,19,28)(H,20,24)(H,26,27)/b2-1-,22-7-/t8-,13-/m1/s1. The van der Waals surface area contributed by atoms with Crippen LogP contribution in [0.25, 0.3) is 0 Å². The van der Waals surface area contributed by atoms with Crippen LogP contribution in [0, 0.1) is 0 Å². The molecule has 0 radical (unpaired) electrons. The SMILES string of the molecule is NC(=O)OC/C=C\C1=C(C(=O)O)N2C(=O)[C@@H](NC(=O)/C(=N\O)c3nc(N)sc3Cl)[C@H]2SC1. The molecule has 1 fully saturated rings. The first-order valence-corrected chi connectivity index (χ1v) is 10.8.